The van der Waals surface area contributed by atoms with E-state index in [0.29, 0.717) is 30.1 Å². The first-order valence-electron chi connectivity index (χ1n) is 6.85. The molecule has 0 fully saturated rings. The Kier molecular flexibility index (Phi) is 5.09. The molecule has 1 heterocycles. The van der Waals surface area contributed by atoms with E-state index in [9.17, 15) is 8.78 Å². The van der Waals surface area contributed by atoms with Crippen LogP contribution >= 0.6 is 0 Å². The minimum atomic E-state index is -0.563. The predicted octanol–water partition coefficient (Wildman–Crippen LogP) is 3.80. The first kappa shape index (κ1) is 15.2. The molecular weight excluding hydrogens is 274 g/mol. The van der Waals surface area contributed by atoms with Crippen molar-refractivity contribution in [1.29, 1.82) is 0 Å². The molecule has 0 unspecified atom stereocenters. The van der Waals surface area contributed by atoms with E-state index >= 15 is 0 Å². The summed E-state index contributed by atoms with van der Waals surface area (Å²) in [6.45, 7) is 4.38. The maximum atomic E-state index is 13.1. The van der Waals surface area contributed by atoms with Crippen LogP contribution in [0.25, 0.3) is 0 Å². The van der Waals surface area contributed by atoms with Crippen molar-refractivity contribution < 1.29 is 13.5 Å². The molecular formula is C16H18F2N2O. The molecule has 0 atom stereocenters. The second-order valence-corrected chi connectivity index (χ2v) is 4.97. The molecule has 21 heavy (non-hydrogen) atoms. The number of aromatic nitrogens is 1. The van der Waals surface area contributed by atoms with Crippen LogP contribution < -0.4 is 10.1 Å². The number of hydrogen-bond donors (Lipinski definition) is 1. The van der Waals surface area contributed by atoms with Gasteiger partial charge in [-0.1, -0.05) is 0 Å². The fraction of sp³-hybridized carbons (Fsp3) is 0.312. The summed E-state index contributed by atoms with van der Waals surface area (Å²) in [7, 11) is 0. The molecule has 1 aromatic heterocycles. The zero-order chi connectivity index (χ0) is 15.2. The Labute approximate surface area is 123 Å². The molecule has 3 nitrogen and oxygen atoms in total. The maximum Gasteiger partial charge on any atom is 0.168 e. The Hall–Kier alpha value is -2.17. The van der Waals surface area contributed by atoms with Gasteiger partial charge in [-0.25, -0.2) is 13.8 Å². The fourth-order valence-electron chi connectivity index (χ4n) is 1.95. The van der Waals surface area contributed by atoms with Crippen molar-refractivity contribution in [3.8, 4) is 5.75 Å². The van der Waals surface area contributed by atoms with E-state index in [2.05, 4.69) is 10.3 Å². The molecule has 2 rings (SSSR count). The molecule has 5 heteroatoms. The Balaban J connectivity index is 1.97. The van der Waals surface area contributed by atoms with E-state index in [-0.39, 0.29) is 6.10 Å². The Bertz CT molecular complexity index is 582. The molecule has 0 spiro atoms. The van der Waals surface area contributed by atoms with E-state index in [0.717, 1.165) is 6.07 Å². The van der Waals surface area contributed by atoms with Crippen LogP contribution in [0.3, 0.4) is 0 Å². The molecule has 0 saturated carbocycles. The molecule has 0 aliphatic rings. The highest BCUT2D eigenvalue weighted by Crippen LogP contribution is 2.22. The summed E-state index contributed by atoms with van der Waals surface area (Å²) in [5.41, 5.74) is 0.599. The van der Waals surface area contributed by atoms with Gasteiger partial charge in [-0.2, -0.15) is 0 Å². The van der Waals surface area contributed by atoms with Gasteiger partial charge in [0.15, 0.2) is 11.6 Å². The maximum absolute atomic E-state index is 13.1. The largest absolute Gasteiger partial charge is 0.487 e. The third-order valence-electron chi connectivity index (χ3n) is 2.76. The van der Waals surface area contributed by atoms with Gasteiger partial charge in [-0.3, -0.25) is 0 Å². The van der Waals surface area contributed by atoms with Gasteiger partial charge in [0.1, 0.15) is 11.6 Å². The normalized spacial score (nSPS) is 10.7. The second kappa shape index (κ2) is 7.02. The number of anilines is 1. The molecule has 0 amide bonds. The van der Waals surface area contributed by atoms with Crippen LogP contribution in [0.2, 0.25) is 0 Å². The smallest absolute Gasteiger partial charge is 0.168 e. The molecule has 0 saturated heterocycles. The average Bonchev–Trinajstić information content (AvgIpc) is 2.39. The number of benzene rings is 1. The van der Waals surface area contributed by atoms with Crippen LogP contribution in [-0.2, 0) is 6.42 Å². The average molecular weight is 292 g/mol. The number of nitrogens with zero attached hydrogens (tertiary/aromatic N) is 1. The number of halogens is 2. The summed E-state index contributed by atoms with van der Waals surface area (Å²) in [5.74, 6) is 0.166. The van der Waals surface area contributed by atoms with Gasteiger partial charge in [0.25, 0.3) is 0 Å². The predicted molar refractivity (Wildman–Crippen MR) is 78.6 cm³/mol. The lowest BCUT2D eigenvalue weighted by Gasteiger charge is -2.14. The number of rotatable bonds is 6. The van der Waals surface area contributed by atoms with Gasteiger partial charge in [0.2, 0.25) is 0 Å². The highest BCUT2D eigenvalue weighted by molar-refractivity contribution is 5.49. The van der Waals surface area contributed by atoms with Crippen molar-refractivity contribution in [2.75, 3.05) is 11.9 Å². The minimum Gasteiger partial charge on any atom is -0.487 e. The van der Waals surface area contributed by atoms with Gasteiger partial charge in [0, 0.05) is 18.8 Å². The summed E-state index contributed by atoms with van der Waals surface area (Å²) in [6, 6.07) is 7.15. The van der Waals surface area contributed by atoms with Crippen molar-refractivity contribution in [3.63, 3.8) is 0 Å². The highest BCUT2D eigenvalue weighted by Gasteiger charge is 2.06. The number of ether oxygens (including phenoxy) is 1. The van der Waals surface area contributed by atoms with E-state index in [1.165, 1.54) is 12.1 Å². The molecule has 1 N–H and O–H groups in total. The lowest BCUT2D eigenvalue weighted by Crippen LogP contribution is -2.11. The quantitative estimate of drug-likeness (QED) is 0.879. The Morgan fingerprint density at radius 3 is 2.57 bits per heavy atom. The van der Waals surface area contributed by atoms with Crippen molar-refractivity contribution >= 4 is 5.82 Å². The zero-order valence-electron chi connectivity index (χ0n) is 12.1. The molecule has 112 valence electrons. The summed E-state index contributed by atoms with van der Waals surface area (Å²) >= 11 is 0. The monoisotopic (exact) mass is 292 g/mol. The van der Waals surface area contributed by atoms with Crippen LogP contribution in [0, 0.1) is 11.6 Å². The molecule has 0 aliphatic heterocycles. The van der Waals surface area contributed by atoms with E-state index < -0.39 is 11.6 Å². The highest BCUT2D eigenvalue weighted by atomic mass is 19.1. The van der Waals surface area contributed by atoms with Crippen LogP contribution in [0.4, 0.5) is 14.6 Å². The third-order valence-corrected chi connectivity index (χ3v) is 2.76. The first-order chi connectivity index (χ1) is 10.0. The summed E-state index contributed by atoms with van der Waals surface area (Å²) in [4.78, 5) is 4.21. The molecule has 0 bridgehead atoms. The standard InChI is InChI=1S/C16H18F2N2O/c1-11(2)21-15-4-3-6-19-16(15)20-7-5-12-8-13(17)10-14(18)9-12/h3-4,6,8-11H,5,7H2,1-2H3,(H,19,20). The summed E-state index contributed by atoms with van der Waals surface area (Å²) < 4.78 is 31.8. The molecule has 1 aromatic carbocycles. The van der Waals surface area contributed by atoms with Gasteiger partial charge >= 0.3 is 0 Å². The minimum absolute atomic E-state index is 0.0482. The Morgan fingerprint density at radius 1 is 1.19 bits per heavy atom. The Morgan fingerprint density at radius 2 is 1.90 bits per heavy atom. The van der Waals surface area contributed by atoms with Gasteiger partial charge in [-0.05, 0) is 50.1 Å². The number of nitrogens with one attached hydrogen (secondary N) is 1. The summed E-state index contributed by atoms with van der Waals surface area (Å²) in [5, 5.41) is 3.13. The SMILES string of the molecule is CC(C)Oc1cccnc1NCCc1cc(F)cc(F)c1. The lowest BCUT2D eigenvalue weighted by atomic mass is 10.1. The first-order valence-corrected chi connectivity index (χ1v) is 6.85. The van der Waals surface area contributed by atoms with E-state index in [1.807, 2.05) is 19.9 Å². The molecule has 2 aromatic rings. The van der Waals surface area contributed by atoms with Gasteiger partial charge < -0.3 is 10.1 Å². The molecule has 0 radical (unpaired) electrons. The van der Waals surface area contributed by atoms with Gasteiger partial charge in [-0.15, -0.1) is 0 Å². The van der Waals surface area contributed by atoms with Crippen molar-refractivity contribution in [3.05, 3.63) is 53.7 Å². The third kappa shape index (κ3) is 4.70. The van der Waals surface area contributed by atoms with Crippen LogP contribution in [0.5, 0.6) is 5.75 Å². The summed E-state index contributed by atoms with van der Waals surface area (Å²) in [6.07, 6.45) is 2.20. The topological polar surface area (TPSA) is 34.1 Å². The second-order valence-electron chi connectivity index (χ2n) is 4.97. The zero-order valence-corrected chi connectivity index (χ0v) is 12.1. The van der Waals surface area contributed by atoms with E-state index in [4.69, 9.17) is 4.74 Å². The number of pyridine rings is 1. The van der Waals surface area contributed by atoms with Gasteiger partial charge in [0.05, 0.1) is 6.10 Å². The fourth-order valence-corrected chi connectivity index (χ4v) is 1.95. The van der Waals surface area contributed by atoms with E-state index in [1.54, 1.807) is 12.3 Å². The van der Waals surface area contributed by atoms with Crippen molar-refractivity contribution in [1.82, 2.24) is 4.98 Å². The van der Waals surface area contributed by atoms with Crippen molar-refractivity contribution in [2.24, 2.45) is 0 Å². The van der Waals surface area contributed by atoms with Crippen LogP contribution in [0.15, 0.2) is 36.5 Å². The van der Waals surface area contributed by atoms with Crippen molar-refractivity contribution in [2.45, 2.75) is 26.4 Å². The van der Waals surface area contributed by atoms with Crippen LogP contribution in [-0.4, -0.2) is 17.6 Å². The molecule has 0 aliphatic carbocycles. The lowest BCUT2D eigenvalue weighted by molar-refractivity contribution is 0.243. The number of hydrogen-bond acceptors (Lipinski definition) is 3. The van der Waals surface area contributed by atoms with Crippen LogP contribution in [0.1, 0.15) is 19.4 Å².